The number of hydrogen-bond acceptors (Lipinski definition) is 1. The highest BCUT2D eigenvalue weighted by Gasteiger charge is 2.02. The van der Waals surface area contributed by atoms with Crippen LogP contribution >= 0.6 is 24.0 Å². The molecule has 0 heterocycles. The number of nitrogens with one attached hydrogen (secondary N) is 1. The second-order valence-corrected chi connectivity index (χ2v) is 2.62. The van der Waals surface area contributed by atoms with Gasteiger partial charge in [-0.05, 0) is 18.7 Å². The zero-order valence-electron chi connectivity index (χ0n) is 6.60. The highest BCUT2D eigenvalue weighted by Crippen LogP contribution is 2.18. The van der Waals surface area contributed by atoms with E-state index in [0.717, 1.165) is 5.56 Å². The summed E-state index contributed by atoms with van der Waals surface area (Å²) in [4.78, 5) is 0. The lowest BCUT2D eigenvalue weighted by atomic mass is 10.2. The first-order chi connectivity index (χ1) is 5.25. The van der Waals surface area contributed by atoms with Crippen molar-refractivity contribution in [1.82, 2.24) is 5.32 Å². The molecule has 0 aliphatic heterocycles. The predicted molar refractivity (Wildman–Crippen MR) is 51.4 cm³/mol. The third kappa shape index (κ3) is 2.63. The largest absolute Gasteiger partial charge is 0.316 e. The fourth-order valence-electron chi connectivity index (χ4n) is 0.875. The standard InChI is InChI=1S/C8H9ClFN.ClH/c1-11-5-6-3-2-4-7(10)8(6)9;/h2-4,11H,5H2,1H3;1H. The van der Waals surface area contributed by atoms with Crippen LogP contribution in [0.15, 0.2) is 18.2 Å². The number of rotatable bonds is 2. The van der Waals surface area contributed by atoms with Crippen molar-refractivity contribution in [3.05, 3.63) is 34.6 Å². The third-order valence-corrected chi connectivity index (χ3v) is 1.82. The van der Waals surface area contributed by atoms with Gasteiger partial charge in [-0.2, -0.15) is 0 Å². The zero-order chi connectivity index (χ0) is 8.27. The fourth-order valence-corrected chi connectivity index (χ4v) is 1.07. The molecule has 1 N–H and O–H groups in total. The molecule has 0 aliphatic carbocycles. The molecule has 4 heteroatoms. The quantitative estimate of drug-likeness (QED) is 0.791. The van der Waals surface area contributed by atoms with Crippen molar-refractivity contribution in [2.24, 2.45) is 0 Å². The summed E-state index contributed by atoms with van der Waals surface area (Å²) in [6.07, 6.45) is 0. The average molecular weight is 210 g/mol. The first kappa shape index (κ1) is 11.7. The van der Waals surface area contributed by atoms with E-state index in [1.54, 1.807) is 19.2 Å². The van der Waals surface area contributed by atoms with Crippen molar-refractivity contribution in [3.63, 3.8) is 0 Å². The van der Waals surface area contributed by atoms with E-state index in [0.29, 0.717) is 6.54 Å². The molecule has 1 nitrogen and oxygen atoms in total. The van der Waals surface area contributed by atoms with E-state index in [4.69, 9.17) is 11.6 Å². The monoisotopic (exact) mass is 209 g/mol. The van der Waals surface area contributed by atoms with Gasteiger partial charge in [-0.3, -0.25) is 0 Å². The molecule has 0 aromatic heterocycles. The van der Waals surface area contributed by atoms with Crippen molar-refractivity contribution in [2.45, 2.75) is 6.54 Å². The molecular formula is C8H10Cl2FN. The smallest absolute Gasteiger partial charge is 0.142 e. The molecule has 0 aliphatic rings. The van der Waals surface area contributed by atoms with Gasteiger partial charge in [0.25, 0.3) is 0 Å². The van der Waals surface area contributed by atoms with Gasteiger partial charge in [-0.1, -0.05) is 23.7 Å². The van der Waals surface area contributed by atoms with Gasteiger partial charge in [-0.15, -0.1) is 12.4 Å². The summed E-state index contributed by atoms with van der Waals surface area (Å²) < 4.78 is 12.7. The van der Waals surface area contributed by atoms with Crippen LogP contribution in [0.4, 0.5) is 4.39 Å². The van der Waals surface area contributed by atoms with Crippen LogP contribution in [0.25, 0.3) is 0 Å². The number of hydrogen-bond donors (Lipinski definition) is 1. The summed E-state index contributed by atoms with van der Waals surface area (Å²) in [5.41, 5.74) is 0.786. The molecule has 12 heavy (non-hydrogen) atoms. The van der Waals surface area contributed by atoms with Crippen LogP contribution in [0.1, 0.15) is 5.56 Å². The molecule has 0 saturated heterocycles. The molecule has 0 amide bonds. The van der Waals surface area contributed by atoms with Gasteiger partial charge in [0.1, 0.15) is 5.82 Å². The van der Waals surface area contributed by atoms with E-state index >= 15 is 0 Å². The molecule has 0 bridgehead atoms. The Morgan fingerprint density at radius 2 is 2.17 bits per heavy atom. The van der Waals surface area contributed by atoms with Crippen LogP contribution in [-0.4, -0.2) is 7.05 Å². The van der Waals surface area contributed by atoms with E-state index < -0.39 is 0 Å². The van der Waals surface area contributed by atoms with E-state index in [-0.39, 0.29) is 23.2 Å². The van der Waals surface area contributed by atoms with Gasteiger partial charge in [0.2, 0.25) is 0 Å². The molecule has 0 atom stereocenters. The highest BCUT2D eigenvalue weighted by molar-refractivity contribution is 6.31. The predicted octanol–water partition coefficient (Wildman–Crippen LogP) is 2.62. The number of halogens is 3. The van der Waals surface area contributed by atoms with Crippen LogP contribution < -0.4 is 5.32 Å². The van der Waals surface area contributed by atoms with Gasteiger partial charge < -0.3 is 5.32 Å². The zero-order valence-corrected chi connectivity index (χ0v) is 8.18. The first-order valence-electron chi connectivity index (χ1n) is 3.33. The molecule has 1 aromatic carbocycles. The van der Waals surface area contributed by atoms with Crippen molar-refractivity contribution < 1.29 is 4.39 Å². The van der Waals surface area contributed by atoms with Gasteiger partial charge in [0, 0.05) is 6.54 Å². The average Bonchev–Trinajstić information content (AvgIpc) is 1.99. The summed E-state index contributed by atoms with van der Waals surface area (Å²) in [6.45, 7) is 0.594. The second kappa shape index (κ2) is 5.36. The maximum absolute atomic E-state index is 12.7. The Labute approximate surface area is 82.3 Å². The topological polar surface area (TPSA) is 12.0 Å². The van der Waals surface area contributed by atoms with Crippen molar-refractivity contribution in [2.75, 3.05) is 7.05 Å². The van der Waals surface area contributed by atoms with Crippen LogP contribution in [0.5, 0.6) is 0 Å². The Morgan fingerprint density at radius 3 is 2.75 bits per heavy atom. The van der Waals surface area contributed by atoms with Gasteiger partial charge in [0.15, 0.2) is 0 Å². The van der Waals surface area contributed by atoms with Gasteiger partial charge in [0.05, 0.1) is 5.02 Å². The molecule has 0 fully saturated rings. The second-order valence-electron chi connectivity index (χ2n) is 2.24. The lowest BCUT2D eigenvalue weighted by molar-refractivity contribution is 0.624. The third-order valence-electron chi connectivity index (χ3n) is 1.40. The Morgan fingerprint density at radius 1 is 1.50 bits per heavy atom. The minimum absolute atomic E-state index is 0. The van der Waals surface area contributed by atoms with E-state index in [9.17, 15) is 4.39 Å². The minimum atomic E-state index is -0.362. The van der Waals surface area contributed by atoms with E-state index in [1.165, 1.54) is 6.07 Å². The Hall–Kier alpha value is -0.310. The van der Waals surface area contributed by atoms with E-state index in [1.807, 2.05) is 0 Å². The fraction of sp³-hybridized carbons (Fsp3) is 0.250. The summed E-state index contributed by atoms with van der Waals surface area (Å²) in [7, 11) is 1.79. The Balaban J connectivity index is 0.00000121. The molecular weight excluding hydrogens is 200 g/mol. The summed E-state index contributed by atoms with van der Waals surface area (Å²) in [6, 6.07) is 4.79. The molecule has 0 unspecified atom stereocenters. The molecule has 0 saturated carbocycles. The van der Waals surface area contributed by atoms with Crippen molar-refractivity contribution >= 4 is 24.0 Å². The van der Waals surface area contributed by atoms with Crippen LogP contribution in [0.2, 0.25) is 5.02 Å². The van der Waals surface area contributed by atoms with Crippen LogP contribution in [0.3, 0.4) is 0 Å². The number of benzene rings is 1. The van der Waals surface area contributed by atoms with Crippen LogP contribution in [0, 0.1) is 5.82 Å². The van der Waals surface area contributed by atoms with Crippen molar-refractivity contribution in [1.29, 1.82) is 0 Å². The summed E-state index contributed by atoms with van der Waals surface area (Å²) >= 11 is 5.66. The summed E-state index contributed by atoms with van der Waals surface area (Å²) in [5, 5.41) is 3.11. The molecule has 1 rings (SSSR count). The lowest BCUT2D eigenvalue weighted by Gasteiger charge is -2.02. The Kier molecular flexibility index (Phi) is 5.22. The maximum Gasteiger partial charge on any atom is 0.142 e. The molecule has 68 valence electrons. The van der Waals surface area contributed by atoms with Gasteiger partial charge >= 0.3 is 0 Å². The van der Waals surface area contributed by atoms with Gasteiger partial charge in [-0.25, -0.2) is 4.39 Å². The Bertz CT molecular complexity index is 253. The summed E-state index contributed by atoms with van der Waals surface area (Å²) in [5.74, 6) is -0.362. The van der Waals surface area contributed by atoms with Crippen LogP contribution in [-0.2, 0) is 6.54 Å². The highest BCUT2D eigenvalue weighted by atomic mass is 35.5. The molecule has 1 aromatic rings. The molecule has 0 radical (unpaired) electrons. The minimum Gasteiger partial charge on any atom is -0.316 e. The maximum atomic E-state index is 12.7. The lowest BCUT2D eigenvalue weighted by Crippen LogP contribution is -2.05. The van der Waals surface area contributed by atoms with Crippen molar-refractivity contribution in [3.8, 4) is 0 Å². The van der Waals surface area contributed by atoms with E-state index in [2.05, 4.69) is 5.32 Å². The first-order valence-corrected chi connectivity index (χ1v) is 3.71. The molecule has 0 spiro atoms. The SMILES string of the molecule is CNCc1cccc(F)c1Cl.Cl. The normalized spacial score (nSPS) is 9.25.